The van der Waals surface area contributed by atoms with Crippen molar-refractivity contribution in [1.82, 2.24) is 19.8 Å². The quantitative estimate of drug-likeness (QED) is 0.273. The fourth-order valence-corrected chi connectivity index (χ4v) is 5.09. The van der Waals surface area contributed by atoms with Crippen LogP contribution in [-0.2, 0) is 10.0 Å². The van der Waals surface area contributed by atoms with Crippen molar-refractivity contribution < 1.29 is 27.6 Å². The molecule has 2 N–H and O–H groups in total. The molecule has 38 heavy (non-hydrogen) atoms. The fraction of sp³-hybridized carbons (Fsp3) is 0.360. The van der Waals surface area contributed by atoms with Gasteiger partial charge in [0.1, 0.15) is 16.4 Å². The van der Waals surface area contributed by atoms with Gasteiger partial charge < -0.3 is 14.8 Å². The van der Waals surface area contributed by atoms with E-state index in [0.717, 1.165) is 25.0 Å². The summed E-state index contributed by atoms with van der Waals surface area (Å²) in [6.45, 7) is 5.13. The fourth-order valence-electron chi connectivity index (χ4n) is 3.62. The predicted octanol–water partition coefficient (Wildman–Crippen LogP) is 3.86. The van der Waals surface area contributed by atoms with Gasteiger partial charge in [-0.2, -0.15) is 9.78 Å². The van der Waals surface area contributed by atoms with Gasteiger partial charge in [-0.05, 0) is 63.4 Å². The van der Waals surface area contributed by atoms with Gasteiger partial charge in [0, 0.05) is 29.8 Å². The van der Waals surface area contributed by atoms with Gasteiger partial charge in [0.15, 0.2) is 5.69 Å². The molecule has 1 aromatic heterocycles. The zero-order valence-corrected chi connectivity index (χ0v) is 22.2. The standard InChI is InChI=1S/C25H29N5O7S/c1-5-15(2)28-38(34,35)22-14-19(30(32)33)10-13-21(22)37-25-16(3)23(24(31)26-17-6-7-17)27-29(25)18-8-11-20(36-4)12-9-18/h8-15,17,28H,5-7H2,1-4H3,(H,26,31)/t15-/m1/s1. The van der Waals surface area contributed by atoms with Crippen LogP contribution in [0.3, 0.4) is 0 Å². The van der Waals surface area contributed by atoms with Crippen molar-refractivity contribution in [2.45, 2.75) is 57.0 Å². The van der Waals surface area contributed by atoms with Crippen molar-refractivity contribution in [2.75, 3.05) is 7.11 Å². The largest absolute Gasteiger partial charge is 0.497 e. The number of benzene rings is 2. The first-order valence-corrected chi connectivity index (χ1v) is 13.6. The van der Waals surface area contributed by atoms with Gasteiger partial charge in [0.05, 0.1) is 17.7 Å². The van der Waals surface area contributed by atoms with E-state index >= 15 is 0 Å². The molecule has 0 unspecified atom stereocenters. The zero-order chi connectivity index (χ0) is 27.6. The predicted molar refractivity (Wildman–Crippen MR) is 139 cm³/mol. The van der Waals surface area contributed by atoms with Crippen molar-refractivity contribution >= 4 is 21.6 Å². The Kier molecular flexibility index (Phi) is 7.69. The molecular weight excluding hydrogens is 514 g/mol. The van der Waals surface area contributed by atoms with Crippen molar-refractivity contribution in [1.29, 1.82) is 0 Å². The summed E-state index contributed by atoms with van der Waals surface area (Å²) in [4.78, 5) is 23.3. The number of nitrogens with zero attached hydrogens (tertiary/aromatic N) is 3. The molecule has 0 spiro atoms. The molecule has 1 aliphatic carbocycles. The molecule has 2 aromatic carbocycles. The topological polar surface area (TPSA) is 155 Å². The van der Waals surface area contributed by atoms with Crippen LogP contribution in [0.5, 0.6) is 17.4 Å². The highest BCUT2D eigenvalue weighted by Gasteiger charge is 2.30. The molecule has 0 bridgehead atoms. The number of rotatable bonds is 11. The van der Waals surface area contributed by atoms with E-state index in [-0.39, 0.29) is 29.3 Å². The number of nitro groups is 1. The lowest BCUT2D eigenvalue weighted by atomic mass is 10.2. The smallest absolute Gasteiger partial charge is 0.272 e. The second-order valence-electron chi connectivity index (χ2n) is 9.06. The van der Waals surface area contributed by atoms with E-state index in [1.165, 1.54) is 17.9 Å². The van der Waals surface area contributed by atoms with Gasteiger partial charge >= 0.3 is 0 Å². The van der Waals surface area contributed by atoms with Crippen LogP contribution in [0.15, 0.2) is 47.4 Å². The Morgan fingerprint density at radius 2 is 1.92 bits per heavy atom. The maximum absolute atomic E-state index is 13.2. The van der Waals surface area contributed by atoms with Crippen molar-refractivity contribution in [3.63, 3.8) is 0 Å². The van der Waals surface area contributed by atoms with Crippen LogP contribution in [0.1, 0.15) is 49.2 Å². The molecule has 3 aromatic rings. The van der Waals surface area contributed by atoms with E-state index in [1.54, 1.807) is 38.1 Å². The molecule has 12 nitrogen and oxygen atoms in total. The van der Waals surface area contributed by atoms with E-state index in [2.05, 4.69) is 15.1 Å². The number of nitro benzene ring substituents is 1. The molecule has 1 heterocycles. The van der Waals surface area contributed by atoms with Crippen molar-refractivity contribution in [3.8, 4) is 23.1 Å². The van der Waals surface area contributed by atoms with Gasteiger partial charge in [0.25, 0.3) is 11.6 Å². The number of amides is 1. The summed E-state index contributed by atoms with van der Waals surface area (Å²) < 4.78 is 41.7. The van der Waals surface area contributed by atoms with Gasteiger partial charge in [-0.15, -0.1) is 0 Å². The summed E-state index contributed by atoms with van der Waals surface area (Å²) in [6.07, 6.45) is 2.29. The van der Waals surface area contributed by atoms with Crippen molar-refractivity contribution in [3.05, 3.63) is 63.8 Å². The van der Waals surface area contributed by atoms with Gasteiger partial charge in [-0.1, -0.05) is 6.92 Å². The Bertz CT molecular complexity index is 1460. The minimum Gasteiger partial charge on any atom is -0.497 e. The molecule has 0 saturated heterocycles. The van der Waals surface area contributed by atoms with E-state index in [9.17, 15) is 23.3 Å². The lowest BCUT2D eigenvalue weighted by Crippen LogP contribution is -2.32. The molecule has 0 aliphatic heterocycles. The minimum absolute atomic E-state index is 0.0879. The Morgan fingerprint density at radius 3 is 2.50 bits per heavy atom. The van der Waals surface area contributed by atoms with Gasteiger partial charge in [-0.25, -0.2) is 13.1 Å². The molecule has 1 saturated carbocycles. The monoisotopic (exact) mass is 543 g/mol. The number of methoxy groups -OCH3 is 1. The van der Waals surface area contributed by atoms with Crippen LogP contribution in [0, 0.1) is 17.0 Å². The van der Waals surface area contributed by atoms with Crippen LogP contribution in [0.4, 0.5) is 5.69 Å². The molecule has 1 fully saturated rings. The highest BCUT2D eigenvalue weighted by Crippen LogP contribution is 2.36. The zero-order valence-electron chi connectivity index (χ0n) is 21.4. The maximum Gasteiger partial charge on any atom is 0.272 e. The Hall–Kier alpha value is -3.97. The molecule has 0 radical (unpaired) electrons. The number of non-ortho nitro benzene ring substituents is 1. The molecule has 13 heteroatoms. The summed E-state index contributed by atoms with van der Waals surface area (Å²) in [5.41, 5.74) is 0.604. The third-order valence-electron chi connectivity index (χ3n) is 6.12. The van der Waals surface area contributed by atoms with Crippen LogP contribution >= 0.6 is 0 Å². The average molecular weight is 544 g/mol. The normalized spacial score (nSPS) is 14.1. The third kappa shape index (κ3) is 5.78. The van der Waals surface area contributed by atoms with E-state index < -0.39 is 31.6 Å². The van der Waals surface area contributed by atoms with Crippen LogP contribution in [0.25, 0.3) is 5.69 Å². The first-order valence-electron chi connectivity index (χ1n) is 12.1. The van der Waals surface area contributed by atoms with Gasteiger partial charge in [0.2, 0.25) is 15.9 Å². The number of hydrogen-bond acceptors (Lipinski definition) is 8. The number of aromatic nitrogens is 2. The summed E-state index contributed by atoms with van der Waals surface area (Å²) in [6, 6.07) is 9.82. The number of nitrogens with one attached hydrogen (secondary N) is 2. The van der Waals surface area contributed by atoms with E-state index in [1.807, 2.05) is 6.92 Å². The van der Waals surface area contributed by atoms with Crippen LogP contribution in [0.2, 0.25) is 0 Å². The summed E-state index contributed by atoms with van der Waals surface area (Å²) in [5, 5.41) is 18.8. The maximum atomic E-state index is 13.2. The number of carbonyl (C=O) groups excluding carboxylic acids is 1. The summed E-state index contributed by atoms with van der Waals surface area (Å²) >= 11 is 0. The number of sulfonamides is 1. The van der Waals surface area contributed by atoms with E-state index in [4.69, 9.17) is 9.47 Å². The lowest BCUT2D eigenvalue weighted by Gasteiger charge is -2.16. The number of carbonyl (C=O) groups is 1. The third-order valence-corrected chi connectivity index (χ3v) is 7.73. The van der Waals surface area contributed by atoms with E-state index in [0.29, 0.717) is 23.4 Å². The Morgan fingerprint density at radius 1 is 1.24 bits per heavy atom. The van der Waals surface area contributed by atoms with Crippen LogP contribution in [-0.4, -0.2) is 48.2 Å². The first kappa shape index (κ1) is 27.1. The second-order valence-corrected chi connectivity index (χ2v) is 10.7. The molecule has 4 rings (SSSR count). The van der Waals surface area contributed by atoms with Gasteiger partial charge in [-0.3, -0.25) is 14.9 Å². The van der Waals surface area contributed by atoms with Crippen molar-refractivity contribution in [2.24, 2.45) is 0 Å². The molecule has 202 valence electrons. The summed E-state index contributed by atoms with van der Waals surface area (Å²) in [5.74, 6) is 0.159. The molecular formula is C25H29N5O7S. The second kappa shape index (κ2) is 10.8. The van der Waals surface area contributed by atoms with Crippen LogP contribution < -0.4 is 19.5 Å². The lowest BCUT2D eigenvalue weighted by molar-refractivity contribution is -0.385. The molecule has 1 amide bonds. The SMILES string of the molecule is CC[C@@H](C)NS(=O)(=O)c1cc([N+](=O)[O-])ccc1Oc1c(C)c(C(=O)NC2CC2)nn1-c1ccc(OC)cc1. The first-order chi connectivity index (χ1) is 18.0. The Labute approximate surface area is 220 Å². The average Bonchev–Trinajstić information content (AvgIpc) is 3.65. The number of ether oxygens (including phenoxy) is 2. The summed E-state index contributed by atoms with van der Waals surface area (Å²) in [7, 11) is -2.67. The number of hydrogen-bond donors (Lipinski definition) is 2. The molecule has 1 atom stereocenters. The minimum atomic E-state index is -4.20. The highest BCUT2D eigenvalue weighted by molar-refractivity contribution is 7.89. The molecule has 1 aliphatic rings. The highest BCUT2D eigenvalue weighted by atomic mass is 32.2. The Balaban J connectivity index is 1.84.